The summed E-state index contributed by atoms with van der Waals surface area (Å²) in [7, 11) is 0. The molecule has 3 heteroatoms. The lowest BCUT2D eigenvalue weighted by Gasteiger charge is -2.28. The Hall–Kier alpha value is -7.36. The van der Waals surface area contributed by atoms with Gasteiger partial charge in [0.25, 0.3) is 0 Å². The molecule has 258 valence electrons. The fourth-order valence-corrected chi connectivity index (χ4v) is 8.33. The number of rotatable bonds is 6. The number of furan rings is 2. The van der Waals surface area contributed by atoms with Crippen LogP contribution in [0.2, 0.25) is 0 Å². The molecule has 0 aliphatic rings. The fourth-order valence-electron chi connectivity index (χ4n) is 8.33. The van der Waals surface area contributed by atoms with E-state index in [1.807, 2.05) is 24.3 Å². The Morgan fingerprint density at radius 2 is 0.891 bits per heavy atom. The predicted octanol–water partition coefficient (Wildman–Crippen LogP) is 15.1. The maximum absolute atomic E-state index is 6.37. The van der Waals surface area contributed by atoms with E-state index in [0.29, 0.717) is 0 Å². The quantitative estimate of drug-likeness (QED) is 0.173. The lowest BCUT2D eigenvalue weighted by atomic mass is 9.96. The van der Waals surface area contributed by atoms with Gasteiger partial charge in [-0.2, -0.15) is 0 Å². The highest BCUT2D eigenvalue weighted by Crippen LogP contribution is 2.45. The van der Waals surface area contributed by atoms with Crippen molar-refractivity contribution in [2.24, 2.45) is 0 Å². The molecular weight excluding hydrogens is 671 g/mol. The largest absolute Gasteiger partial charge is 0.456 e. The van der Waals surface area contributed by atoms with Crippen LogP contribution in [-0.4, -0.2) is 0 Å². The van der Waals surface area contributed by atoms with Crippen molar-refractivity contribution in [1.29, 1.82) is 0 Å². The second-order valence-electron chi connectivity index (χ2n) is 14.1. The minimum atomic E-state index is 0.877. The van der Waals surface area contributed by atoms with Crippen molar-refractivity contribution >= 4 is 71.7 Å². The second-order valence-corrected chi connectivity index (χ2v) is 14.1. The zero-order valence-corrected chi connectivity index (χ0v) is 29.8. The molecule has 9 aromatic carbocycles. The molecule has 0 atom stereocenters. The van der Waals surface area contributed by atoms with Crippen molar-refractivity contribution in [2.75, 3.05) is 4.90 Å². The van der Waals surface area contributed by atoms with Gasteiger partial charge < -0.3 is 13.7 Å². The Kier molecular flexibility index (Phi) is 7.17. The Balaban J connectivity index is 1.10. The first-order chi connectivity index (χ1) is 27.3. The van der Waals surface area contributed by atoms with E-state index in [0.717, 1.165) is 83.2 Å². The molecule has 11 rings (SSSR count). The van der Waals surface area contributed by atoms with Crippen LogP contribution in [0.4, 0.5) is 17.1 Å². The highest BCUT2D eigenvalue weighted by molar-refractivity contribution is 6.12. The summed E-state index contributed by atoms with van der Waals surface area (Å²) in [5.74, 6) is 0. The molecule has 3 nitrogen and oxygen atoms in total. The summed E-state index contributed by atoms with van der Waals surface area (Å²) in [6, 6.07) is 71.1. The SMILES string of the molecule is c1cc(-c2cccc3oc4ccccc4c23)cc(N(c2ccc(-c3cccc4ccccc34)cc2)c2ccccc2-c2ccc3c(c2)oc2ccccc23)c1. The van der Waals surface area contributed by atoms with Gasteiger partial charge in [-0.25, -0.2) is 0 Å². The Labute approximate surface area is 317 Å². The molecule has 2 heterocycles. The summed E-state index contributed by atoms with van der Waals surface area (Å²) in [4.78, 5) is 2.38. The van der Waals surface area contributed by atoms with Crippen LogP contribution >= 0.6 is 0 Å². The second kappa shape index (κ2) is 12.6. The normalized spacial score (nSPS) is 11.6. The van der Waals surface area contributed by atoms with Crippen molar-refractivity contribution in [3.8, 4) is 33.4 Å². The molecule has 0 aliphatic carbocycles. The standard InChI is InChI=1S/C52H33NO2/c1-2-16-40-34(12-1)13-10-20-41(40)35-26-29-38(30-27-35)53(39-15-9-14-36(32-39)43-21-11-25-50-52(43)46-19-5-8-24-49(46)54-50)47-22-6-3-17-42(47)37-28-31-45-44-18-4-7-23-48(44)55-51(45)33-37/h1-33H. The number of hydrogen-bond donors (Lipinski definition) is 0. The Bertz CT molecular complexity index is 3220. The third kappa shape index (κ3) is 5.20. The van der Waals surface area contributed by atoms with Crippen molar-refractivity contribution < 1.29 is 8.83 Å². The summed E-state index contributed by atoms with van der Waals surface area (Å²) in [5.41, 5.74) is 13.6. The molecule has 2 aromatic heterocycles. The molecular formula is C52H33NO2. The van der Waals surface area contributed by atoms with E-state index in [2.05, 4.69) is 181 Å². The molecule has 0 fully saturated rings. The summed E-state index contributed by atoms with van der Waals surface area (Å²) in [5, 5.41) is 6.97. The third-order valence-electron chi connectivity index (χ3n) is 10.9. The van der Waals surface area contributed by atoms with Gasteiger partial charge in [0.2, 0.25) is 0 Å². The number of para-hydroxylation sites is 3. The highest BCUT2D eigenvalue weighted by Gasteiger charge is 2.20. The van der Waals surface area contributed by atoms with E-state index >= 15 is 0 Å². The molecule has 0 saturated carbocycles. The maximum Gasteiger partial charge on any atom is 0.136 e. The number of anilines is 3. The van der Waals surface area contributed by atoms with Gasteiger partial charge in [0.1, 0.15) is 22.3 Å². The molecule has 0 saturated heterocycles. The fraction of sp³-hybridized carbons (Fsp3) is 0. The Morgan fingerprint density at radius 3 is 1.78 bits per heavy atom. The van der Waals surface area contributed by atoms with E-state index in [9.17, 15) is 0 Å². The highest BCUT2D eigenvalue weighted by atomic mass is 16.3. The van der Waals surface area contributed by atoms with E-state index < -0.39 is 0 Å². The van der Waals surface area contributed by atoms with Gasteiger partial charge in [-0.15, -0.1) is 0 Å². The van der Waals surface area contributed by atoms with Crippen LogP contribution in [0.3, 0.4) is 0 Å². The van der Waals surface area contributed by atoms with E-state index in [1.54, 1.807) is 0 Å². The topological polar surface area (TPSA) is 29.5 Å². The zero-order valence-electron chi connectivity index (χ0n) is 29.8. The monoisotopic (exact) mass is 703 g/mol. The molecule has 55 heavy (non-hydrogen) atoms. The summed E-state index contributed by atoms with van der Waals surface area (Å²) in [6.07, 6.45) is 0. The number of hydrogen-bond acceptors (Lipinski definition) is 3. The lowest BCUT2D eigenvalue weighted by Crippen LogP contribution is -2.11. The summed E-state index contributed by atoms with van der Waals surface area (Å²) in [6.45, 7) is 0. The van der Waals surface area contributed by atoms with Gasteiger partial charge in [0, 0.05) is 38.5 Å². The van der Waals surface area contributed by atoms with Gasteiger partial charge in [0.15, 0.2) is 0 Å². The van der Waals surface area contributed by atoms with Crippen LogP contribution in [-0.2, 0) is 0 Å². The number of benzene rings is 9. The summed E-state index contributed by atoms with van der Waals surface area (Å²) >= 11 is 0. The third-order valence-corrected chi connectivity index (χ3v) is 10.9. The molecule has 0 amide bonds. The number of fused-ring (bicyclic) bond motifs is 7. The summed E-state index contributed by atoms with van der Waals surface area (Å²) < 4.78 is 12.7. The lowest BCUT2D eigenvalue weighted by molar-refractivity contribution is 0.668. The van der Waals surface area contributed by atoms with Crippen LogP contribution in [0.25, 0.3) is 88.0 Å². The van der Waals surface area contributed by atoms with E-state index in [4.69, 9.17) is 8.83 Å². The van der Waals surface area contributed by atoms with E-state index in [-0.39, 0.29) is 0 Å². The van der Waals surface area contributed by atoms with Gasteiger partial charge in [0.05, 0.1) is 5.69 Å². The van der Waals surface area contributed by atoms with Gasteiger partial charge in [-0.1, -0.05) is 140 Å². The maximum atomic E-state index is 6.37. The first-order valence-corrected chi connectivity index (χ1v) is 18.7. The Morgan fingerprint density at radius 1 is 0.309 bits per heavy atom. The zero-order chi connectivity index (χ0) is 36.3. The molecule has 0 aliphatic heterocycles. The molecule has 0 radical (unpaired) electrons. The van der Waals surface area contributed by atoms with Crippen LogP contribution in [0.1, 0.15) is 0 Å². The van der Waals surface area contributed by atoms with Gasteiger partial charge in [-0.05, 0) is 99.3 Å². The minimum absolute atomic E-state index is 0.877. The van der Waals surface area contributed by atoms with Crippen LogP contribution in [0, 0.1) is 0 Å². The van der Waals surface area contributed by atoms with Crippen molar-refractivity contribution in [3.63, 3.8) is 0 Å². The molecule has 0 spiro atoms. The first kappa shape index (κ1) is 31.2. The number of nitrogens with zero attached hydrogens (tertiary/aromatic N) is 1. The molecule has 11 aromatic rings. The smallest absolute Gasteiger partial charge is 0.136 e. The molecule has 0 unspecified atom stereocenters. The van der Waals surface area contributed by atoms with E-state index in [1.165, 1.54) is 21.9 Å². The van der Waals surface area contributed by atoms with Crippen LogP contribution in [0.15, 0.2) is 209 Å². The van der Waals surface area contributed by atoms with Crippen molar-refractivity contribution in [1.82, 2.24) is 0 Å². The van der Waals surface area contributed by atoms with Crippen LogP contribution in [0.5, 0.6) is 0 Å². The first-order valence-electron chi connectivity index (χ1n) is 18.7. The average molecular weight is 704 g/mol. The molecule has 0 N–H and O–H groups in total. The van der Waals surface area contributed by atoms with Crippen LogP contribution < -0.4 is 4.90 Å². The van der Waals surface area contributed by atoms with Crippen molar-refractivity contribution in [3.05, 3.63) is 200 Å². The van der Waals surface area contributed by atoms with Gasteiger partial charge in [-0.3, -0.25) is 0 Å². The molecule has 0 bridgehead atoms. The minimum Gasteiger partial charge on any atom is -0.456 e. The average Bonchev–Trinajstić information content (AvgIpc) is 3.82. The van der Waals surface area contributed by atoms with Crippen molar-refractivity contribution in [2.45, 2.75) is 0 Å². The predicted molar refractivity (Wildman–Crippen MR) is 229 cm³/mol. The van der Waals surface area contributed by atoms with Gasteiger partial charge >= 0.3 is 0 Å².